The molecule has 4 aromatic rings. The highest BCUT2D eigenvalue weighted by molar-refractivity contribution is 5.93. The van der Waals surface area contributed by atoms with Gasteiger partial charge in [-0.15, -0.1) is 0 Å². The van der Waals surface area contributed by atoms with E-state index in [1.807, 2.05) is 6.07 Å². The van der Waals surface area contributed by atoms with Crippen LogP contribution in [0.3, 0.4) is 0 Å². The van der Waals surface area contributed by atoms with Gasteiger partial charge in [0.25, 0.3) is 0 Å². The summed E-state index contributed by atoms with van der Waals surface area (Å²) in [5.41, 5.74) is 5.36. The van der Waals surface area contributed by atoms with Gasteiger partial charge in [0.2, 0.25) is 0 Å². The monoisotopic (exact) mass is 401 g/mol. The zero-order chi connectivity index (χ0) is 20.3. The predicted molar refractivity (Wildman–Crippen MR) is 126 cm³/mol. The molecule has 3 heterocycles. The van der Waals surface area contributed by atoms with Gasteiger partial charge >= 0.3 is 0 Å². The zero-order valence-electron chi connectivity index (χ0n) is 17.9. The fourth-order valence-corrected chi connectivity index (χ4v) is 4.90. The van der Waals surface area contributed by atoms with E-state index in [2.05, 4.69) is 63.2 Å². The normalized spacial score (nSPS) is 14.6. The number of H-pyrrole nitrogens is 1. The van der Waals surface area contributed by atoms with E-state index in [9.17, 15) is 0 Å². The van der Waals surface area contributed by atoms with Crippen molar-refractivity contribution >= 4 is 27.5 Å². The van der Waals surface area contributed by atoms with E-state index < -0.39 is 0 Å². The van der Waals surface area contributed by atoms with E-state index in [0.717, 1.165) is 18.7 Å². The van der Waals surface area contributed by atoms with Crippen molar-refractivity contribution in [1.82, 2.24) is 9.55 Å². The first kappa shape index (κ1) is 19.1. The SMILES string of the molecule is COc1ccc2[nH]cc(CCCCn3ccc4c(N5CCCCC5)cccc43)c2c1. The van der Waals surface area contributed by atoms with Crippen molar-refractivity contribution in [1.29, 1.82) is 0 Å². The van der Waals surface area contributed by atoms with E-state index >= 15 is 0 Å². The molecule has 0 amide bonds. The van der Waals surface area contributed by atoms with Crippen molar-refractivity contribution < 1.29 is 4.74 Å². The van der Waals surface area contributed by atoms with Crippen LogP contribution in [0.5, 0.6) is 5.75 Å². The second-order valence-corrected chi connectivity index (χ2v) is 8.45. The molecule has 1 saturated heterocycles. The van der Waals surface area contributed by atoms with Gasteiger partial charge in [-0.25, -0.2) is 0 Å². The van der Waals surface area contributed by atoms with Crippen LogP contribution in [0.4, 0.5) is 5.69 Å². The first-order valence-electron chi connectivity index (χ1n) is 11.3. The lowest BCUT2D eigenvalue weighted by Gasteiger charge is -2.29. The Kier molecular flexibility index (Phi) is 5.39. The van der Waals surface area contributed by atoms with Crippen molar-refractivity contribution in [3.05, 3.63) is 60.4 Å². The molecule has 2 aromatic carbocycles. The summed E-state index contributed by atoms with van der Waals surface area (Å²) in [5.74, 6) is 0.923. The summed E-state index contributed by atoms with van der Waals surface area (Å²) in [6.07, 6.45) is 11.9. The zero-order valence-corrected chi connectivity index (χ0v) is 17.9. The first-order valence-corrected chi connectivity index (χ1v) is 11.3. The van der Waals surface area contributed by atoms with Crippen LogP contribution in [0, 0.1) is 0 Å². The van der Waals surface area contributed by atoms with Crippen LogP contribution in [-0.4, -0.2) is 29.8 Å². The van der Waals surface area contributed by atoms with Crippen LogP contribution in [0.2, 0.25) is 0 Å². The van der Waals surface area contributed by atoms with E-state index in [1.165, 1.54) is 78.3 Å². The molecule has 1 fully saturated rings. The van der Waals surface area contributed by atoms with Gasteiger partial charge in [-0.2, -0.15) is 0 Å². The Labute approximate surface area is 178 Å². The maximum absolute atomic E-state index is 5.39. The van der Waals surface area contributed by atoms with Gasteiger partial charge in [0, 0.05) is 54.0 Å². The molecule has 0 unspecified atom stereocenters. The predicted octanol–water partition coefficient (Wildman–Crippen LogP) is 6.14. The average molecular weight is 402 g/mol. The molecule has 1 aliphatic heterocycles. The van der Waals surface area contributed by atoms with Crippen molar-refractivity contribution in [2.45, 2.75) is 45.1 Å². The minimum Gasteiger partial charge on any atom is -0.497 e. The molecule has 2 aromatic heterocycles. The number of aromatic nitrogens is 2. The topological polar surface area (TPSA) is 33.2 Å². The van der Waals surface area contributed by atoms with Gasteiger partial charge in [-0.1, -0.05) is 6.07 Å². The maximum Gasteiger partial charge on any atom is 0.119 e. The minimum absolute atomic E-state index is 0.923. The highest BCUT2D eigenvalue weighted by Gasteiger charge is 2.14. The summed E-state index contributed by atoms with van der Waals surface area (Å²) in [4.78, 5) is 5.96. The molecular weight excluding hydrogens is 370 g/mol. The fourth-order valence-electron chi connectivity index (χ4n) is 4.90. The summed E-state index contributed by atoms with van der Waals surface area (Å²) in [6.45, 7) is 3.46. The Bertz CT molecular complexity index is 1130. The number of piperidine rings is 1. The number of aryl methyl sites for hydroxylation is 2. The largest absolute Gasteiger partial charge is 0.497 e. The van der Waals surface area contributed by atoms with Crippen LogP contribution in [0.1, 0.15) is 37.7 Å². The van der Waals surface area contributed by atoms with Gasteiger partial charge in [0.15, 0.2) is 0 Å². The molecular formula is C26H31N3O. The van der Waals surface area contributed by atoms with E-state index in [4.69, 9.17) is 4.74 Å². The minimum atomic E-state index is 0.923. The third-order valence-electron chi connectivity index (χ3n) is 6.56. The van der Waals surface area contributed by atoms with Gasteiger partial charge in [-0.05, 0) is 80.5 Å². The summed E-state index contributed by atoms with van der Waals surface area (Å²) in [5, 5.41) is 2.69. The van der Waals surface area contributed by atoms with Crippen molar-refractivity contribution in [2.75, 3.05) is 25.1 Å². The molecule has 5 rings (SSSR count). The van der Waals surface area contributed by atoms with Gasteiger partial charge in [0.05, 0.1) is 12.6 Å². The molecule has 1 aliphatic rings. The molecule has 4 heteroatoms. The number of benzene rings is 2. The summed E-state index contributed by atoms with van der Waals surface area (Å²) >= 11 is 0. The van der Waals surface area contributed by atoms with Crippen LogP contribution in [0.25, 0.3) is 21.8 Å². The number of methoxy groups -OCH3 is 1. The third-order valence-corrected chi connectivity index (χ3v) is 6.56. The molecule has 0 atom stereocenters. The average Bonchev–Trinajstić information content (AvgIpc) is 3.41. The highest BCUT2D eigenvalue weighted by Crippen LogP contribution is 2.30. The molecule has 30 heavy (non-hydrogen) atoms. The quantitative estimate of drug-likeness (QED) is 0.377. The van der Waals surface area contributed by atoms with Gasteiger partial charge in [-0.3, -0.25) is 0 Å². The molecule has 156 valence electrons. The Morgan fingerprint density at radius 3 is 2.73 bits per heavy atom. The standard InChI is InChI=1S/C26H31N3O/c1-30-21-11-12-24-23(18-21)20(19-27-24)8-3-6-16-29-17-13-22-25(9-7-10-26(22)29)28-14-4-2-5-15-28/h7,9-13,17-19,27H,2-6,8,14-16H2,1H3. The second-order valence-electron chi connectivity index (χ2n) is 8.45. The molecule has 0 saturated carbocycles. The lowest BCUT2D eigenvalue weighted by atomic mass is 10.1. The number of hydrogen-bond acceptors (Lipinski definition) is 2. The van der Waals surface area contributed by atoms with Crippen molar-refractivity contribution in [3.8, 4) is 5.75 Å². The first-order chi connectivity index (χ1) is 14.8. The van der Waals surface area contributed by atoms with Gasteiger partial charge in [0.1, 0.15) is 5.75 Å². The summed E-state index contributed by atoms with van der Waals surface area (Å²) in [7, 11) is 1.73. The highest BCUT2D eigenvalue weighted by atomic mass is 16.5. The van der Waals surface area contributed by atoms with E-state index in [0.29, 0.717) is 0 Å². The molecule has 0 bridgehead atoms. The van der Waals surface area contributed by atoms with Crippen molar-refractivity contribution in [3.63, 3.8) is 0 Å². The lowest BCUT2D eigenvalue weighted by Crippen LogP contribution is -2.29. The number of ether oxygens (including phenoxy) is 1. The molecule has 0 radical (unpaired) electrons. The fraction of sp³-hybridized carbons (Fsp3) is 0.385. The Hall–Kier alpha value is -2.88. The number of unbranched alkanes of at least 4 members (excludes halogenated alkanes) is 1. The van der Waals surface area contributed by atoms with Crippen LogP contribution < -0.4 is 9.64 Å². The number of fused-ring (bicyclic) bond motifs is 2. The van der Waals surface area contributed by atoms with E-state index in [1.54, 1.807) is 7.11 Å². The summed E-state index contributed by atoms with van der Waals surface area (Å²) < 4.78 is 7.83. The maximum atomic E-state index is 5.39. The van der Waals surface area contributed by atoms with Crippen LogP contribution in [-0.2, 0) is 13.0 Å². The number of hydrogen-bond donors (Lipinski definition) is 1. The number of rotatable bonds is 7. The Morgan fingerprint density at radius 2 is 1.87 bits per heavy atom. The molecule has 1 N–H and O–H groups in total. The molecule has 4 nitrogen and oxygen atoms in total. The second kappa shape index (κ2) is 8.47. The Balaban J connectivity index is 1.25. The molecule has 0 aliphatic carbocycles. The summed E-state index contributed by atoms with van der Waals surface area (Å²) in [6, 6.07) is 15.4. The van der Waals surface area contributed by atoms with E-state index in [-0.39, 0.29) is 0 Å². The Morgan fingerprint density at radius 1 is 0.967 bits per heavy atom. The van der Waals surface area contributed by atoms with Crippen LogP contribution in [0.15, 0.2) is 54.9 Å². The van der Waals surface area contributed by atoms with Crippen molar-refractivity contribution in [2.24, 2.45) is 0 Å². The lowest BCUT2D eigenvalue weighted by molar-refractivity contribution is 0.415. The number of anilines is 1. The van der Waals surface area contributed by atoms with Gasteiger partial charge < -0.3 is 19.2 Å². The van der Waals surface area contributed by atoms with Crippen LogP contribution >= 0.6 is 0 Å². The number of nitrogens with one attached hydrogen (secondary N) is 1. The number of aromatic amines is 1. The third kappa shape index (κ3) is 3.67. The molecule has 0 spiro atoms. The smallest absolute Gasteiger partial charge is 0.119 e. The number of nitrogens with zero attached hydrogens (tertiary/aromatic N) is 2.